The minimum Gasteiger partial charge on any atom is -0.459 e. The summed E-state index contributed by atoms with van der Waals surface area (Å²) >= 11 is 9.08. The average molecular weight is 515 g/mol. The fraction of sp³-hybridized carbons (Fsp3) is 0.250. The molecular formula is C20H17BrClNO6S. The highest BCUT2D eigenvalue weighted by Crippen LogP contribution is 2.29. The van der Waals surface area contributed by atoms with Crippen LogP contribution in [0.25, 0.3) is 0 Å². The van der Waals surface area contributed by atoms with E-state index < -0.39 is 33.7 Å². The van der Waals surface area contributed by atoms with Gasteiger partial charge in [-0.05, 0) is 42.3 Å². The van der Waals surface area contributed by atoms with Crippen molar-refractivity contribution in [2.24, 2.45) is 0 Å². The normalized spacial score (nSPS) is 14.6. The van der Waals surface area contributed by atoms with Crippen molar-refractivity contribution in [2.45, 2.75) is 19.1 Å². The second-order valence-electron chi connectivity index (χ2n) is 6.84. The maximum Gasteiger partial charge on any atom is 0.329 e. The van der Waals surface area contributed by atoms with Gasteiger partial charge in [-0.1, -0.05) is 39.7 Å². The van der Waals surface area contributed by atoms with Gasteiger partial charge in [0.15, 0.2) is 0 Å². The number of benzene rings is 2. The number of sulfone groups is 1. The van der Waals surface area contributed by atoms with Crippen molar-refractivity contribution < 1.29 is 27.5 Å². The third-order valence-corrected chi connectivity index (χ3v) is 6.24. The quantitative estimate of drug-likeness (QED) is 0.416. The van der Waals surface area contributed by atoms with Gasteiger partial charge in [-0.2, -0.15) is 0 Å². The number of fused-ring (bicyclic) bond motifs is 1. The fourth-order valence-electron chi connectivity index (χ4n) is 3.02. The van der Waals surface area contributed by atoms with Crippen LogP contribution in [-0.2, 0) is 26.0 Å². The number of ether oxygens (including phenoxy) is 1. The Morgan fingerprint density at radius 1 is 1.10 bits per heavy atom. The van der Waals surface area contributed by atoms with E-state index in [0.29, 0.717) is 15.1 Å². The lowest BCUT2D eigenvalue weighted by Gasteiger charge is -2.24. The molecule has 3 rings (SSSR count). The number of hydrogen-bond donors (Lipinski definition) is 0. The Morgan fingerprint density at radius 2 is 1.73 bits per heavy atom. The first-order valence-electron chi connectivity index (χ1n) is 8.83. The lowest BCUT2D eigenvalue weighted by molar-refractivity contribution is -0.149. The van der Waals surface area contributed by atoms with Crippen molar-refractivity contribution in [3.05, 3.63) is 68.7 Å². The smallest absolute Gasteiger partial charge is 0.329 e. The summed E-state index contributed by atoms with van der Waals surface area (Å²) in [5.41, 5.74) is 0.947. The maximum absolute atomic E-state index is 12.9. The number of imide groups is 1. The van der Waals surface area contributed by atoms with Gasteiger partial charge in [-0.25, -0.2) is 13.2 Å². The molecule has 0 radical (unpaired) electrons. The van der Waals surface area contributed by atoms with Crippen LogP contribution in [0.1, 0.15) is 32.7 Å². The van der Waals surface area contributed by atoms with Crippen LogP contribution in [0, 0.1) is 0 Å². The molecule has 10 heteroatoms. The number of rotatable bonds is 7. The molecular weight excluding hydrogens is 498 g/mol. The van der Waals surface area contributed by atoms with Crippen molar-refractivity contribution in [1.29, 1.82) is 0 Å². The minimum absolute atomic E-state index is 0.111. The predicted octanol–water partition coefficient (Wildman–Crippen LogP) is 3.25. The standard InChI is InChI=1S/C20H17BrClNO6S/c1-30(27,28)9-8-17(20(26)29-11-12-2-5-14(22)6-3-12)23-18(24)15-7-4-13(21)10-16(15)19(23)25/h2-7,10,17H,8-9,11H2,1H3/t17-/m1/s1. The Labute approximate surface area is 187 Å². The van der Waals surface area contributed by atoms with E-state index in [2.05, 4.69) is 15.9 Å². The summed E-state index contributed by atoms with van der Waals surface area (Å²) in [6.45, 7) is -0.111. The first-order chi connectivity index (χ1) is 14.1. The summed E-state index contributed by atoms with van der Waals surface area (Å²) in [5.74, 6) is -2.57. The molecule has 1 aliphatic rings. The van der Waals surface area contributed by atoms with Gasteiger partial charge in [0.1, 0.15) is 22.5 Å². The first kappa shape index (κ1) is 22.5. The van der Waals surface area contributed by atoms with Gasteiger partial charge in [0.25, 0.3) is 11.8 Å². The summed E-state index contributed by atoms with van der Waals surface area (Å²) in [4.78, 5) is 39.3. The molecule has 0 aliphatic carbocycles. The van der Waals surface area contributed by atoms with Gasteiger partial charge in [-0.15, -0.1) is 0 Å². The van der Waals surface area contributed by atoms with Crippen LogP contribution >= 0.6 is 27.5 Å². The summed E-state index contributed by atoms with van der Waals surface area (Å²) in [5, 5.41) is 0.522. The van der Waals surface area contributed by atoms with E-state index in [1.807, 2.05) is 0 Å². The van der Waals surface area contributed by atoms with E-state index in [1.54, 1.807) is 30.3 Å². The van der Waals surface area contributed by atoms with Crippen molar-refractivity contribution in [3.63, 3.8) is 0 Å². The van der Waals surface area contributed by atoms with E-state index in [4.69, 9.17) is 16.3 Å². The number of nitrogens with zero attached hydrogens (tertiary/aromatic N) is 1. The van der Waals surface area contributed by atoms with Gasteiger partial charge in [0, 0.05) is 15.8 Å². The van der Waals surface area contributed by atoms with Gasteiger partial charge in [0.05, 0.1) is 16.9 Å². The highest BCUT2D eigenvalue weighted by atomic mass is 79.9. The number of hydrogen-bond acceptors (Lipinski definition) is 6. The molecule has 0 fully saturated rings. The molecule has 0 N–H and O–H groups in total. The lowest BCUT2D eigenvalue weighted by Crippen LogP contribution is -2.46. The Kier molecular flexibility index (Phi) is 6.64. The maximum atomic E-state index is 12.9. The topological polar surface area (TPSA) is 97.8 Å². The van der Waals surface area contributed by atoms with Crippen LogP contribution in [0.4, 0.5) is 0 Å². The van der Waals surface area contributed by atoms with Crippen LogP contribution in [-0.4, -0.2) is 49.2 Å². The number of esters is 1. The number of amides is 2. The van der Waals surface area contributed by atoms with Crippen molar-refractivity contribution in [2.75, 3.05) is 12.0 Å². The molecule has 0 spiro atoms. The third kappa shape index (κ3) is 5.08. The molecule has 1 atom stereocenters. The van der Waals surface area contributed by atoms with Gasteiger partial charge in [0.2, 0.25) is 0 Å². The number of carbonyl (C=O) groups excluding carboxylic acids is 3. The van der Waals surface area contributed by atoms with E-state index in [9.17, 15) is 22.8 Å². The fourth-order valence-corrected chi connectivity index (χ4v) is 4.16. The Bertz CT molecular complexity index is 1120. The zero-order valence-corrected chi connectivity index (χ0v) is 19.0. The zero-order valence-electron chi connectivity index (χ0n) is 15.8. The van der Waals surface area contributed by atoms with Crippen molar-refractivity contribution >= 4 is 55.2 Å². The van der Waals surface area contributed by atoms with E-state index >= 15 is 0 Å². The van der Waals surface area contributed by atoms with Crippen LogP contribution in [0.3, 0.4) is 0 Å². The third-order valence-electron chi connectivity index (χ3n) is 4.52. The van der Waals surface area contributed by atoms with Gasteiger partial charge >= 0.3 is 5.97 Å². The molecule has 0 aromatic heterocycles. The summed E-state index contributed by atoms with van der Waals surface area (Å²) in [7, 11) is -3.44. The second kappa shape index (κ2) is 8.87. The molecule has 0 saturated carbocycles. The lowest BCUT2D eigenvalue weighted by atomic mass is 10.1. The van der Waals surface area contributed by atoms with Gasteiger partial charge < -0.3 is 4.74 Å². The Balaban J connectivity index is 1.85. The summed E-state index contributed by atoms with van der Waals surface area (Å²) in [6, 6.07) is 9.81. The molecule has 0 unspecified atom stereocenters. The highest BCUT2D eigenvalue weighted by molar-refractivity contribution is 9.10. The molecule has 0 bridgehead atoms. The van der Waals surface area contributed by atoms with E-state index in [1.165, 1.54) is 12.1 Å². The average Bonchev–Trinajstić information content (AvgIpc) is 2.91. The summed E-state index contributed by atoms with van der Waals surface area (Å²) in [6.07, 6.45) is 0.757. The van der Waals surface area contributed by atoms with E-state index in [0.717, 1.165) is 11.2 Å². The molecule has 7 nitrogen and oxygen atoms in total. The van der Waals surface area contributed by atoms with Crippen LogP contribution in [0.2, 0.25) is 5.02 Å². The molecule has 2 aromatic carbocycles. The minimum atomic E-state index is -3.44. The zero-order chi connectivity index (χ0) is 22.1. The molecule has 2 aromatic rings. The molecule has 1 heterocycles. The van der Waals surface area contributed by atoms with Crippen LogP contribution in [0.15, 0.2) is 46.9 Å². The first-order valence-corrected chi connectivity index (χ1v) is 12.1. The second-order valence-corrected chi connectivity index (χ2v) is 10.5. The van der Waals surface area contributed by atoms with Crippen LogP contribution < -0.4 is 0 Å². The van der Waals surface area contributed by atoms with Crippen LogP contribution in [0.5, 0.6) is 0 Å². The molecule has 158 valence electrons. The number of carbonyl (C=O) groups is 3. The van der Waals surface area contributed by atoms with Gasteiger partial charge in [-0.3, -0.25) is 14.5 Å². The number of halogens is 2. The molecule has 2 amide bonds. The van der Waals surface area contributed by atoms with E-state index in [-0.39, 0.29) is 29.9 Å². The van der Waals surface area contributed by atoms with Crippen molar-refractivity contribution in [3.8, 4) is 0 Å². The largest absolute Gasteiger partial charge is 0.459 e. The Hall–Kier alpha value is -2.23. The SMILES string of the molecule is CS(=O)(=O)CC[C@H](C(=O)OCc1ccc(Cl)cc1)N1C(=O)c2ccc(Br)cc2C1=O. The van der Waals surface area contributed by atoms with Crippen molar-refractivity contribution in [1.82, 2.24) is 4.90 Å². The molecule has 0 saturated heterocycles. The highest BCUT2D eigenvalue weighted by Gasteiger charge is 2.43. The molecule has 30 heavy (non-hydrogen) atoms. The predicted molar refractivity (Wildman–Crippen MR) is 114 cm³/mol. The molecule has 1 aliphatic heterocycles. The Morgan fingerprint density at radius 3 is 2.37 bits per heavy atom. The monoisotopic (exact) mass is 513 g/mol. The summed E-state index contributed by atoms with van der Waals surface area (Å²) < 4.78 is 29.2.